The lowest BCUT2D eigenvalue weighted by molar-refractivity contribution is 1.39. The maximum Gasteiger partial charge on any atom is -0.00199 e. The van der Waals surface area contributed by atoms with E-state index in [1.165, 1.54) is 77.2 Å². The normalized spacial score (nSPS) is 11.2. The lowest BCUT2D eigenvalue weighted by Crippen LogP contribution is -1.94. The Morgan fingerprint density at radius 1 is 0.300 bits per heavy atom. The summed E-state index contributed by atoms with van der Waals surface area (Å²) in [4.78, 5) is 0. The van der Waals surface area contributed by atoms with E-state index in [1.807, 2.05) is 0 Å². The van der Waals surface area contributed by atoms with Crippen LogP contribution in [0.1, 0.15) is 11.1 Å². The maximum absolute atomic E-state index is 2.39. The van der Waals surface area contributed by atoms with Gasteiger partial charge in [0, 0.05) is 0 Å². The summed E-state index contributed by atoms with van der Waals surface area (Å²) in [6.45, 7) is 4.38. The Hall–Kier alpha value is -4.94. The smallest absolute Gasteiger partial charge is 0.00199 e. The first-order valence-electron chi connectivity index (χ1n) is 13.9. The summed E-state index contributed by atoms with van der Waals surface area (Å²) in [5.74, 6) is 0. The molecule has 190 valence electrons. The molecule has 0 aromatic heterocycles. The molecule has 0 heteroatoms. The summed E-state index contributed by atoms with van der Waals surface area (Å²) < 4.78 is 0. The van der Waals surface area contributed by atoms with Gasteiger partial charge in [0.1, 0.15) is 0 Å². The molecule has 0 aliphatic carbocycles. The first kappa shape index (κ1) is 24.1. The minimum Gasteiger partial charge on any atom is -0.0622 e. The number of hydrogen-bond acceptors (Lipinski definition) is 0. The van der Waals surface area contributed by atoms with E-state index in [1.54, 1.807) is 0 Å². The monoisotopic (exact) mass is 510 g/mol. The molecule has 0 unspecified atom stereocenters. The van der Waals surface area contributed by atoms with E-state index >= 15 is 0 Å². The molecule has 7 rings (SSSR count). The lowest BCUT2D eigenvalue weighted by Gasteiger charge is -2.21. The van der Waals surface area contributed by atoms with E-state index < -0.39 is 0 Å². The number of hydrogen-bond donors (Lipinski definition) is 0. The zero-order chi connectivity index (χ0) is 27.1. The molecule has 0 saturated carbocycles. The van der Waals surface area contributed by atoms with E-state index in [-0.39, 0.29) is 0 Å². The molecule has 0 atom stereocenters. The Balaban J connectivity index is 1.63. The van der Waals surface area contributed by atoms with Crippen LogP contribution in [0.4, 0.5) is 0 Å². The fourth-order valence-electron chi connectivity index (χ4n) is 6.28. The molecule has 0 N–H and O–H groups in total. The maximum atomic E-state index is 2.39. The van der Waals surface area contributed by atoms with Gasteiger partial charge in [0.15, 0.2) is 0 Å². The predicted molar refractivity (Wildman–Crippen MR) is 173 cm³/mol. The summed E-state index contributed by atoms with van der Waals surface area (Å²) in [6.07, 6.45) is 0. The second-order valence-corrected chi connectivity index (χ2v) is 10.7. The van der Waals surface area contributed by atoms with Crippen molar-refractivity contribution >= 4 is 21.5 Å². The second kappa shape index (κ2) is 9.98. The zero-order valence-electron chi connectivity index (χ0n) is 22.9. The number of fused-ring (bicyclic) bond motifs is 2. The van der Waals surface area contributed by atoms with Crippen molar-refractivity contribution in [1.82, 2.24) is 0 Å². The van der Waals surface area contributed by atoms with E-state index in [2.05, 4.69) is 159 Å². The summed E-state index contributed by atoms with van der Waals surface area (Å²) in [6, 6.07) is 53.2. The van der Waals surface area contributed by atoms with Gasteiger partial charge in [-0.1, -0.05) is 151 Å². The van der Waals surface area contributed by atoms with Crippen LogP contribution in [-0.2, 0) is 0 Å². The van der Waals surface area contributed by atoms with Crippen LogP contribution in [0.15, 0.2) is 146 Å². The van der Waals surface area contributed by atoms with Crippen LogP contribution in [0.25, 0.3) is 66.1 Å². The molecule has 40 heavy (non-hydrogen) atoms. The Labute approximate surface area is 236 Å². The van der Waals surface area contributed by atoms with Crippen molar-refractivity contribution in [3.63, 3.8) is 0 Å². The van der Waals surface area contributed by atoms with Crippen LogP contribution in [0, 0.1) is 13.8 Å². The highest BCUT2D eigenvalue weighted by Gasteiger charge is 2.19. The third-order valence-electron chi connectivity index (χ3n) is 7.92. The zero-order valence-corrected chi connectivity index (χ0v) is 22.9. The van der Waals surface area contributed by atoms with Crippen molar-refractivity contribution in [1.29, 1.82) is 0 Å². The van der Waals surface area contributed by atoms with Gasteiger partial charge in [-0.2, -0.15) is 0 Å². The summed E-state index contributed by atoms with van der Waals surface area (Å²) in [5.41, 5.74) is 12.6. The van der Waals surface area contributed by atoms with Gasteiger partial charge in [0.2, 0.25) is 0 Å². The highest BCUT2D eigenvalue weighted by Crippen LogP contribution is 2.47. The highest BCUT2D eigenvalue weighted by molar-refractivity contribution is 6.22. The average Bonchev–Trinajstić information content (AvgIpc) is 3.00. The molecular weight excluding hydrogens is 480 g/mol. The van der Waals surface area contributed by atoms with Gasteiger partial charge in [0.05, 0.1) is 0 Å². The minimum atomic E-state index is 1.22. The predicted octanol–water partition coefficient (Wildman–Crippen LogP) is 11.3. The van der Waals surface area contributed by atoms with Crippen LogP contribution in [0.5, 0.6) is 0 Å². The van der Waals surface area contributed by atoms with Gasteiger partial charge in [-0.25, -0.2) is 0 Å². The van der Waals surface area contributed by atoms with Gasteiger partial charge in [-0.15, -0.1) is 0 Å². The van der Waals surface area contributed by atoms with Crippen molar-refractivity contribution in [2.45, 2.75) is 13.8 Å². The van der Waals surface area contributed by atoms with Gasteiger partial charge >= 0.3 is 0 Å². The summed E-state index contributed by atoms with van der Waals surface area (Å²) in [7, 11) is 0. The third kappa shape index (κ3) is 4.19. The molecule has 0 spiro atoms. The molecule has 0 amide bonds. The molecular formula is C40H30. The van der Waals surface area contributed by atoms with Crippen LogP contribution >= 0.6 is 0 Å². The second-order valence-electron chi connectivity index (χ2n) is 10.7. The van der Waals surface area contributed by atoms with Crippen molar-refractivity contribution < 1.29 is 0 Å². The van der Waals surface area contributed by atoms with Gasteiger partial charge in [0.25, 0.3) is 0 Å². The first-order valence-corrected chi connectivity index (χ1v) is 13.9. The molecule has 0 nitrogen and oxygen atoms in total. The Kier molecular flexibility index (Phi) is 6.02. The van der Waals surface area contributed by atoms with Crippen molar-refractivity contribution in [3.8, 4) is 44.5 Å². The van der Waals surface area contributed by atoms with Crippen molar-refractivity contribution in [3.05, 3.63) is 157 Å². The molecule has 0 bridgehead atoms. The first-order chi connectivity index (χ1) is 19.7. The Morgan fingerprint density at radius 2 is 0.775 bits per heavy atom. The van der Waals surface area contributed by atoms with Gasteiger partial charge in [-0.3, -0.25) is 0 Å². The minimum absolute atomic E-state index is 1.22. The van der Waals surface area contributed by atoms with E-state index in [9.17, 15) is 0 Å². The van der Waals surface area contributed by atoms with E-state index in [0.717, 1.165) is 0 Å². The van der Waals surface area contributed by atoms with Crippen LogP contribution in [-0.4, -0.2) is 0 Å². The number of aryl methyl sites for hydroxylation is 2. The fourth-order valence-corrected chi connectivity index (χ4v) is 6.28. The van der Waals surface area contributed by atoms with E-state index in [4.69, 9.17) is 0 Å². The molecule has 0 radical (unpaired) electrons. The van der Waals surface area contributed by atoms with Gasteiger partial charge < -0.3 is 0 Å². The molecule has 0 aliphatic rings. The Bertz CT molecular complexity index is 1920. The SMILES string of the molecule is Cc1cc(C)cc(-c2c3ccccc3c(-c3cc(-c4ccccc4)ccc3-c3ccccc3)c3ccccc23)c1. The number of benzene rings is 7. The topological polar surface area (TPSA) is 0 Å². The lowest BCUT2D eigenvalue weighted by atomic mass is 9.82. The van der Waals surface area contributed by atoms with Gasteiger partial charge in [-0.05, 0) is 86.0 Å². The molecule has 0 heterocycles. The van der Waals surface area contributed by atoms with E-state index in [0.29, 0.717) is 0 Å². The quantitative estimate of drug-likeness (QED) is 0.207. The Morgan fingerprint density at radius 3 is 1.32 bits per heavy atom. The molecule has 0 saturated heterocycles. The van der Waals surface area contributed by atoms with Crippen molar-refractivity contribution in [2.24, 2.45) is 0 Å². The highest BCUT2D eigenvalue weighted by atomic mass is 14.2. The largest absolute Gasteiger partial charge is 0.0622 e. The molecule has 7 aromatic carbocycles. The number of rotatable bonds is 4. The average molecular weight is 511 g/mol. The van der Waals surface area contributed by atoms with Crippen LogP contribution < -0.4 is 0 Å². The van der Waals surface area contributed by atoms with Crippen LogP contribution in [0.3, 0.4) is 0 Å². The molecule has 0 fully saturated rings. The molecule has 7 aromatic rings. The summed E-state index contributed by atoms with van der Waals surface area (Å²) >= 11 is 0. The van der Waals surface area contributed by atoms with Crippen molar-refractivity contribution in [2.75, 3.05) is 0 Å². The molecule has 0 aliphatic heterocycles. The third-order valence-corrected chi connectivity index (χ3v) is 7.92. The summed E-state index contributed by atoms with van der Waals surface area (Å²) in [5, 5.41) is 5.12. The standard InChI is InChI=1S/C40H30/c1-27-23-28(2)25-32(24-27)39-34-17-9-11-19-36(34)40(37-20-12-10-18-35(37)39)38-26-31(29-13-5-3-6-14-29)21-22-33(38)30-15-7-4-8-16-30/h3-26H,1-2H3. The van der Waals surface area contributed by atoms with Crippen LogP contribution in [0.2, 0.25) is 0 Å². The fraction of sp³-hybridized carbons (Fsp3) is 0.0500.